The van der Waals surface area contributed by atoms with Crippen LogP contribution in [-0.4, -0.2) is 0 Å². The summed E-state index contributed by atoms with van der Waals surface area (Å²) in [5.41, 5.74) is 11.4. The van der Waals surface area contributed by atoms with E-state index in [4.69, 9.17) is 0 Å². The summed E-state index contributed by atoms with van der Waals surface area (Å²) in [5, 5.41) is 0. The van der Waals surface area contributed by atoms with Gasteiger partial charge in [0.05, 0.1) is 0 Å². The zero-order chi connectivity index (χ0) is 25.3. The SMILES string of the molecule is CC1=CC(=CC=CC=Cc2cc(C)c3ccc(C(C)C)cc(C)c2-3)C2C(C)CCC(C(C)C)CC12. The molecule has 0 aliphatic heterocycles. The van der Waals surface area contributed by atoms with Crippen molar-refractivity contribution in [3.05, 3.63) is 88.0 Å². The maximum Gasteiger partial charge on any atom is -0.00705 e. The van der Waals surface area contributed by atoms with Gasteiger partial charge in [-0.25, -0.2) is 0 Å². The van der Waals surface area contributed by atoms with E-state index in [-0.39, 0.29) is 0 Å². The molecule has 0 aromatic heterocycles. The lowest BCUT2D eigenvalue weighted by atomic mass is 9.77. The first kappa shape index (κ1) is 25.7. The molecule has 0 saturated heterocycles. The van der Waals surface area contributed by atoms with Gasteiger partial charge in [-0.15, -0.1) is 0 Å². The molecule has 4 atom stereocenters. The fraction of sp³-hybridized carbons (Fsp3) is 0.486. The summed E-state index contributed by atoms with van der Waals surface area (Å²) in [7, 11) is 0. The maximum atomic E-state index is 2.49. The Labute approximate surface area is 215 Å². The van der Waals surface area contributed by atoms with E-state index in [9.17, 15) is 0 Å². The molecule has 186 valence electrons. The van der Waals surface area contributed by atoms with Crippen molar-refractivity contribution in [3.63, 3.8) is 0 Å². The largest absolute Gasteiger partial charge is 0.0693 e. The van der Waals surface area contributed by atoms with Gasteiger partial charge in [0.15, 0.2) is 0 Å². The van der Waals surface area contributed by atoms with Gasteiger partial charge in [0.25, 0.3) is 0 Å². The number of hydrogen-bond donors (Lipinski definition) is 0. The van der Waals surface area contributed by atoms with Crippen molar-refractivity contribution in [2.24, 2.45) is 29.6 Å². The first-order valence-electron chi connectivity index (χ1n) is 13.9. The second-order valence-corrected chi connectivity index (χ2v) is 12.1. The van der Waals surface area contributed by atoms with Crippen LogP contribution in [0.15, 0.2) is 65.8 Å². The zero-order valence-electron chi connectivity index (χ0n) is 23.4. The Morgan fingerprint density at radius 3 is 2.37 bits per heavy atom. The molecule has 0 nitrogen and oxygen atoms in total. The van der Waals surface area contributed by atoms with Gasteiger partial charge in [0.2, 0.25) is 0 Å². The molecule has 4 aliphatic rings. The molecule has 0 radical (unpaired) electrons. The van der Waals surface area contributed by atoms with Gasteiger partial charge in [-0.1, -0.05) is 101 Å². The van der Waals surface area contributed by atoms with Crippen LogP contribution in [0, 0.1) is 43.4 Å². The van der Waals surface area contributed by atoms with E-state index in [0.717, 1.165) is 23.7 Å². The van der Waals surface area contributed by atoms with Crippen LogP contribution in [-0.2, 0) is 0 Å². The quantitative estimate of drug-likeness (QED) is 0.384. The lowest BCUT2D eigenvalue weighted by Gasteiger charge is -2.27. The third-order valence-corrected chi connectivity index (χ3v) is 8.93. The van der Waals surface area contributed by atoms with E-state index in [1.165, 1.54) is 52.6 Å². The minimum absolute atomic E-state index is 0.542. The molecule has 0 heteroatoms. The highest BCUT2D eigenvalue weighted by atomic mass is 14.4. The molecule has 0 aromatic rings. The van der Waals surface area contributed by atoms with E-state index in [1.807, 2.05) is 0 Å². The molecule has 0 heterocycles. The molecule has 35 heavy (non-hydrogen) atoms. The van der Waals surface area contributed by atoms with Crippen molar-refractivity contribution in [1.29, 1.82) is 0 Å². The Bertz CT molecular complexity index is 1130. The average molecular weight is 467 g/mol. The average Bonchev–Trinajstić information content (AvgIpc) is 3.11. The van der Waals surface area contributed by atoms with Crippen LogP contribution in [0.3, 0.4) is 0 Å². The molecule has 0 N–H and O–H groups in total. The second kappa shape index (κ2) is 10.7. The van der Waals surface area contributed by atoms with Gasteiger partial charge < -0.3 is 0 Å². The molecular formula is C35H46. The van der Waals surface area contributed by atoms with Crippen molar-refractivity contribution in [1.82, 2.24) is 0 Å². The third kappa shape index (κ3) is 5.42. The van der Waals surface area contributed by atoms with Gasteiger partial charge in [-0.05, 0) is 114 Å². The summed E-state index contributed by atoms with van der Waals surface area (Å²) in [6.45, 7) is 18.7. The maximum absolute atomic E-state index is 2.49. The van der Waals surface area contributed by atoms with E-state index in [2.05, 4.69) is 116 Å². The fourth-order valence-electron chi connectivity index (χ4n) is 6.73. The smallest absolute Gasteiger partial charge is 0.00705 e. The first-order valence-corrected chi connectivity index (χ1v) is 13.9. The van der Waals surface area contributed by atoms with Crippen molar-refractivity contribution in [2.45, 2.75) is 80.6 Å². The summed E-state index contributed by atoms with van der Waals surface area (Å²) in [5.74, 6) is 4.43. The zero-order valence-corrected chi connectivity index (χ0v) is 23.4. The van der Waals surface area contributed by atoms with Crippen molar-refractivity contribution < 1.29 is 0 Å². The molecule has 4 aliphatic carbocycles. The van der Waals surface area contributed by atoms with Gasteiger partial charge in [0, 0.05) is 0 Å². The standard InChI is InChI=1S/C35H46/c1-22(2)28-16-17-32-25(6)18-31(35(32)27(8)20-28)13-11-9-10-12-30-19-26(7)33-21-29(23(3)4)15-14-24(5)34(30)33/h9-13,16-20,22-24,29,33-34H,14-15,21H2,1-8H3. The number of fused-ring (bicyclic) bond motifs is 2. The Balaban J connectivity index is 1.54. The minimum Gasteiger partial charge on any atom is -0.0693 e. The van der Waals surface area contributed by atoms with Crippen LogP contribution in [0.4, 0.5) is 0 Å². The van der Waals surface area contributed by atoms with E-state index in [0.29, 0.717) is 11.8 Å². The minimum atomic E-state index is 0.542. The van der Waals surface area contributed by atoms with Crippen LogP contribution in [0.2, 0.25) is 0 Å². The molecule has 0 bridgehead atoms. The molecule has 4 rings (SSSR count). The number of allylic oxidation sites excluding steroid dienone is 7. The van der Waals surface area contributed by atoms with Crippen LogP contribution >= 0.6 is 0 Å². The molecule has 0 amide bonds. The highest BCUT2D eigenvalue weighted by Gasteiger charge is 2.39. The Hall–Kier alpha value is -2.34. The van der Waals surface area contributed by atoms with Crippen molar-refractivity contribution >= 4 is 6.08 Å². The predicted octanol–water partition coefficient (Wildman–Crippen LogP) is 10.3. The first-order chi connectivity index (χ1) is 16.7. The summed E-state index contributed by atoms with van der Waals surface area (Å²) >= 11 is 0. The van der Waals surface area contributed by atoms with Crippen LogP contribution in [0.1, 0.15) is 89.0 Å². The lowest BCUT2D eigenvalue weighted by molar-refractivity contribution is 0.299. The van der Waals surface area contributed by atoms with Crippen molar-refractivity contribution in [2.75, 3.05) is 0 Å². The number of hydrogen-bond acceptors (Lipinski definition) is 0. The fourth-order valence-corrected chi connectivity index (χ4v) is 6.73. The van der Waals surface area contributed by atoms with E-state index < -0.39 is 0 Å². The van der Waals surface area contributed by atoms with E-state index >= 15 is 0 Å². The summed E-state index contributed by atoms with van der Waals surface area (Å²) in [4.78, 5) is 0. The normalized spacial score (nSPS) is 26.5. The topological polar surface area (TPSA) is 0 Å². The van der Waals surface area contributed by atoms with E-state index in [1.54, 1.807) is 11.1 Å². The Morgan fingerprint density at radius 1 is 0.886 bits per heavy atom. The molecule has 1 saturated carbocycles. The van der Waals surface area contributed by atoms with Crippen LogP contribution in [0.25, 0.3) is 17.2 Å². The Kier molecular flexibility index (Phi) is 7.89. The molecule has 0 aromatic carbocycles. The predicted molar refractivity (Wildman–Crippen MR) is 155 cm³/mol. The summed E-state index contributed by atoms with van der Waals surface area (Å²) < 4.78 is 0. The molecule has 4 unspecified atom stereocenters. The number of rotatable bonds is 5. The van der Waals surface area contributed by atoms with Gasteiger partial charge in [-0.2, -0.15) is 0 Å². The van der Waals surface area contributed by atoms with Gasteiger partial charge in [0.1, 0.15) is 0 Å². The Morgan fingerprint density at radius 2 is 1.66 bits per heavy atom. The van der Waals surface area contributed by atoms with Gasteiger partial charge in [-0.3, -0.25) is 0 Å². The highest BCUT2D eigenvalue weighted by Crippen LogP contribution is 2.49. The molecular weight excluding hydrogens is 420 g/mol. The molecule has 0 spiro atoms. The highest BCUT2D eigenvalue weighted by molar-refractivity contribution is 5.84. The second-order valence-electron chi connectivity index (χ2n) is 12.1. The monoisotopic (exact) mass is 466 g/mol. The summed E-state index contributed by atoms with van der Waals surface area (Å²) in [6, 6.07) is 9.32. The molecule has 1 fully saturated rings. The van der Waals surface area contributed by atoms with Crippen LogP contribution in [0.5, 0.6) is 0 Å². The summed E-state index contributed by atoms with van der Waals surface area (Å²) in [6.07, 6.45) is 18.0. The number of aryl methyl sites for hydroxylation is 2. The lowest BCUT2D eigenvalue weighted by Crippen LogP contribution is -2.19. The third-order valence-electron chi connectivity index (χ3n) is 8.93. The van der Waals surface area contributed by atoms with Crippen molar-refractivity contribution in [3.8, 4) is 11.1 Å². The van der Waals surface area contributed by atoms with Crippen LogP contribution < -0.4 is 0 Å². The van der Waals surface area contributed by atoms with Gasteiger partial charge >= 0.3 is 0 Å².